The number of aryl methyl sites for hydroxylation is 1. The highest BCUT2D eigenvalue weighted by Gasteiger charge is 2.30. The maximum Gasteiger partial charge on any atom is 0.243 e. The lowest BCUT2D eigenvalue weighted by atomic mass is 10.0. The Morgan fingerprint density at radius 3 is 2.40 bits per heavy atom. The molecule has 0 bridgehead atoms. The first-order valence-corrected chi connectivity index (χ1v) is 16.0. The van der Waals surface area contributed by atoms with E-state index in [1.807, 2.05) is 68.4 Å². The molecule has 1 N–H and O–H groups in total. The molecule has 1 heterocycles. The van der Waals surface area contributed by atoms with Crippen LogP contribution in [0.25, 0.3) is 0 Å². The molecule has 0 fully saturated rings. The Kier molecular flexibility index (Phi) is 10.5. The van der Waals surface area contributed by atoms with Gasteiger partial charge in [0.25, 0.3) is 0 Å². The number of amides is 2. The normalized spacial score (nSPS) is 12.9. The van der Waals surface area contributed by atoms with Crippen LogP contribution in [-0.2, 0) is 32.6 Å². The van der Waals surface area contributed by atoms with Crippen molar-refractivity contribution < 1.29 is 27.5 Å². The Hall–Kier alpha value is -4.05. The SMILES string of the molecule is CCCNC(=O)C(Cc1ccccc1)N(Cc1cccc(C)c1)C(=O)CCCN(c1ccc2c(c1)OCO2)S(C)(=O)=O. The monoisotopic (exact) mass is 593 g/mol. The van der Waals surface area contributed by atoms with Gasteiger partial charge in [-0.3, -0.25) is 13.9 Å². The fraction of sp³-hybridized carbons (Fsp3) is 0.375. The molecule has 2 amide bonds. The highest BCUT2D eigenvalue weighted by Crippen LogP contribution is 2.36. The third-order valence-electron chi connectivity index (χ3n) is 7.05. The quantitative estimate of drug-likeness (QED) is 0.297. The molecule has 0 aromatic heterocycles. The van der Waals surface area contributed by atoms with Crippen LogP contribution in [0.2, 0.25) is 0 Å². The maximum absolute atomic E-state index is 13.9. The van der Waals surface area contributed by atoms with E-state index >= 15 is 0 Å². The van der Waals surface area contributed by atoms with Crippen LogP contribution in [0.5, 0.6) is 11.5 Å². The van der Waals surface area contributed by atoms with Crippen LogP contribution in [0.1, 0.15) is 42.9 Å². The van der Waals surface area contributed by atoms with Gasteiger partial charge in [-0.2, -0.15) is 0 Å². The van der Waals surface area contributed by atoms with Gasteiger partial charge >= 0.3 is 0 Å². The number of carbonyl (C=O) groups excluding carboxylic acids is 2. The van der Waals surface area contributed by atoms with Crippen molar-refractivity contribution in [1.29, 1.82) is 0 Å². The largest absolute Gasteiger partial charge is 0.454 e. The fourth-order valence-electron chi connectivity index (χ4n) is 4.97. The van der Waals surface area contributed by atoms with E-state index in [9.17, 15) is 18.0 Å². The van der Waals surface area contributed by atoms with Gasteiger partial charge in [0, 0.05) is 38.5 Å². The van der Waals surface area contributed by atoms with Crippen LogP contribution in [0.15, 0.2) is 72.8 Å². The van der Waals surface area contributed by atoms with E-state index in [4.69, 9.17) is 9.47 Å². The molecule has 0 saturated heterocycles. The summed E-state index contributed by atoms with van der Waals surface area (Å²) in [5.41, 5.74) is 3.36. The maximum atomic E-state index is 13.9. The number of nitrogens with zero attached hydrogens (tertiary/aromatic N) is 2. The molecule has 1 aliphatic rings. The highest BCUT2D eigenvalue weighted by molar-refractivity contribution is 7.92. The number of rotatable bonds is 14. The molecule has 9 nitrogen and oxygen atoms in total. The van der Waals surface area contributed by atoms with Crippen LogP contribution in [0, 0.1) is 6.92 Å². The van der Waals surface area contributed by atoms with Crippen molar-refractivity contribution in [3.63, 3.8) is 0 Å². The van der Waals surface area contributed by atoms with Crippen LogP contribution < -0.4 is 19.1 Å². The molecular weight excluding hydrogens is 554 g/mol. The smallest absolute Gasteiger partial charge is 0.243 e. The molecular formula is C32H39N3O6S. The number of benzene rings is 3. The Labute approximate surface area is 248 Å². The first-order chi connectivity index (χ1) is 20.2. The zero-order valence-corrected chi connectivity index (χ0v) is 25.2. The summed E-state index contributed by atoms with van der Waals surface area (Å²) in [5, 5.41) is 2.98. The minimum absolute atomic E-state index is 0.0642. The molecule has 10 heteroatoms. The van der Waals surface area contributed by atoms with Gasteiger partial charge in [0.2, 0.25) is 28.6 Å². The van der Waals surface area contributed by atoms with Crippen LogP contribution in [0.3, 0.4) is 0 Å². The second-order valence-electron chi connectivity index (χ2n) is 10.5. The number of anilines is 1. The molecule has 4 rings (SSSR count). The van der Waals surface area contributed by atoms with Crippen molar-refractivity contribution in [1.82, 2.24) is 10.2 Å². The number of sulfonamides is 1. The lowest BCUT2D eigenvalue weighted by Crippen LogP contribution is -2.50. The van der Waals surface area contributed by atoms with Crippen molar-refractivity contribution in [2.45, 2.75) is 52.1 Å². The topological polar surface area (TPSA) is 105 Å². The first kappa shape index (κ1) is 30.9. The number of hydrogen-bond acceptors (Lipinski definition) is 6. The predicted molar refractivity (Wildman–Crippen MR) is 163 cm³/mol. The molecule has 3 aromatic rings. The van der Waals surface area contributed by atoms with E-state index < -0.39 is 16.1 Å². The average Bonchev–Trinajstić information content (AvgIpc) is 3.44. The fourth-order valence-corrected chi connectivity index (χ4v) is 5.93. The van der Waals surface area contributed by atoms with Gasteiger partial charge in [0.1, 0.15) is 6.04 Å². The van der Waals surface area contributed by atoms with Crippen molar-refractivity contribution >= 4 is 27.5 Å². The molecule has 42 heavy (non-hydrogen) atoms. The van der Waals surface area contributed by atoms with Gasteiger partial charge in [0.15, 0.2) is 11.5 Å². The van der Waals surface area contributed by atoms with Gasteiger partial charge in [-0.25, -0.2) is 8.42 Å². The van der Waals surface area contributed by atoms with Crippen molar-refractivity contribution in [2.75, 3.05) is 30.4 Å². The lowest BCUT2D eigenvalue weighted by molar-refractivity contribution is -0.141. The summed E-state index contributed by atoms with van der Waals surface area (Å²) >= 11 is 0. The minimum atomic E-state index is -3.64. The molecule has 0 aliphatic carbocycles. The van der Waals surface area contributed by atoms with Crippen molar-refractivity contribution in [3.8, 4) is 11.5 Å². The Bertz CT molecular complexity index is 1480. The summed E-state index contributed by atoms with van der Waals surface area (Å²) in [7, 11) is -3.64. The Morgan fingerprint density at radius 1 is 0.952 bits per heavy atom. The lowest BCUT2D eigenvalue weighted by Gasteiger charge is -2.32. The van der Waals surface area contributed by atoms with Crippen LogP contribution >= 0.6 is 0 Å². The van der Waals surface area contributed by atoms with Crippen molar-refractivity contribution in [3.05, 3.63) is 89.5 Å². The molecule has 3 aromatic carbocycles. The molecule has 0 saturated carbocycles. The summed E-state index contributed by atoms with van der Waals surface area (Å²) in [6.07, 6.45) is 2.60. The molecule has 1 aliphatic heterocycles. The Morgan fingerprint density at radius 2 is 1.69 bits per heavy atom. The van der Waals surface area contributed by atoms with Gasteiger partial charge in [-0.05, 0) is 43.0 Å². The van der Waals surface area contributed by atoms with Crippen LogP contribution in [-0.4, -0.2) is 57.3 Å². The summed E-state index contributed by atoms with van der Waals surface area (Å²) < 4.78 is 37.5. The van der Waals surface area contributed by atoms with E-state index in [1.165, 1.54) is 4.31 Å². The summed E-state index contributed by atoms with van der Waals surface area (Å²) in [5.74, 6) is 0.603. The average molecular weight is 594 g/mol. The number of fused-ring (bicyclic) bond motifs is 1. The van der Waals surface area contributed by atoms with Crippen molar-refractivity contribution in [2.24, 2.45) is 0 Å². The van der Waals surface area contributed by atoms with Gasteiger partial charge in [0.05, 0.1) is 11.9 Å². The zero-order valence-electron chi connectivity index (χ0n) is 24.4. The third-order valence-corrected chi connectivity index (χ3v) is 8.25. The highest BCUT2D eigenvalue weighted by atomic mass is 32.2. The van der Waals surface area contributed by atoms with E-state index in [2.05, 4.69) is 5.32 Å². The summed E-state index contributed by atoms with van der Waals surface area (Å²) in [6, 6.07) is 21.8. The standard InChI is InChI=1S/C32H39N3O6S/c1-4-17-33-32(37)28(20-25-11-6-5-7-12-25)34(22-26-13-8-10-24(2)19-26)31(36)14-9-18-35(42(3,38)39)27-15-16-29-30(21-27)41-23-40-29/h5-8,10-13,15-16,19,21,28H,4,9,14,17-18,20,22-23H2,1-3H3,(H,33,37). The molecule has 1 atom stereocenters. The number of nitrogens with one attached hydrogen (secondary N) is 1. The molecule has 1 unspecified atom stereocenters. The first-order valence-electron chi connectivity index (χ1n) is 14.2. The van der Waals surface area contributed by atoms with E-state index in [1.54, 1.807) is 23.1 Å². The Balaban J connectivity index is 1.56. The molecule has 224 valence electrons. The zero-order chi connectivity index (χ0) is 30.1. The molecule has 0 spiro atoms. The minimum Gasteiger partial charge on any atom is -0.454 e. The number of hydrogen-bond donors (Lipinski definition) is 1. The van der Waals surface area contributed by atoms with Crippen LogP contribution in [0.4, 0.5) is 5.69 Å². The number of ether oxygens (including phenoxy) is 2. The number of carbonyl (C=O) groups is 2. The van der Waals surface area contributed by atoms with Gasteiger partial charge in [-0.15, -0.1) is 0 Å². The molecule has 0 radical (unpaired) electrons. The van der Waals surface area contributed by atoms with Gasteiger partial charge < -0.3 is 19.7 Å². The van der Waals surface area contributed by atoms with E-state index in [0.29, 0.717) is 30.2 Å². The second kappa shape index (κ2) is 14.2. The predicted octanol–water partition coefficient (Wildman–Crippen LogP) is 4.44. The third kappa shape index (κ3) is 8.25. The van der Waals surface area contributed by atoms with E-state index in [0.717, 1.165) is 29.4 Å². The van der Waals surface area contributed by atoms with E-state index in [-0.39, 0.29) is 44.5 Å². The summed E-state index contributed by atoms with van der Waals surface area (Å²) in [6.45, 7) is 4.91. The summed E-state index contributed by atoms with van der Waals surface area (Å²) in [4.78, 5) is 29.0. The second-order valence-corrected chi connectivity index (χ2v) is 12.4. The van der Waals surface area contributed by atoms with Gasteiger partial charge in [-0.1, -0.05) is 67.1 Å².